The number of nitrogens with two attached hydrogens (primary N) is 1. The summed E-state index contributed by atoms with van der Waals surface area (Å²) in [4.78, 5) is 48.0. The van der Waals surface area contributed by atoms with Gasteiger partial charge in [0.1, 0.15) is 5.54 Å². The van der Waals surface area contributed by atoms with Gasteiger partial charge in [-0.15, -0.1) is 0 Å². The van der Waals surface area contributed by atoms with Gasteiger partial charge in [-0.05, 0) is 24.0 Å². The van der Waals surface area contributed by atoms with Gasteiger partial charge in [0, 0.05) is 13.0 Å². The summed E-state index contributed by atoms with van der Waals surface area (Å²) < 4.78 is 0. The maximum Gasteiger partial charge on any atom is 0.325 e. The molecule has 0 aromatic heterocycles. The van der Waals surface area contributed by atoms with Crippen LogP contribution in [0.2, 0.25) is 0 Å². The van der Waals surface area contributed by atoms with Crippen LogP contribution < -0.4 is 16.4 Å². The molecule has 8 heteroatoms. The van der Waals surface area contributed by atoms with Gasteiger partial charge in [-0.3, -0.25) is 19.8 Å². The van der Waals surface area contributed by atoms with Gasteiger partial charge in [-0.1, -0.05) is 24.3 Å². The van der Waals surface area contributed by atoms with Crippen molar-refractivity contribution in [2.75, 3.05) is 6.54 Å². The first-order chi connectivity index (χ1) is 10.9. The summed E-state index contributed by atoms with van der Waals surface area (Å²) in [5.41, 5.74) is 5.66. The van der Waals surface area contributed by atoms with E-state index in [1.54, 1.807) is 0 Å². The Morgan fingerprint density at radius 1 is 1.30 bits per heavy atom. The second-order valence-corrected chi connectivity index (χ2v) is 5.61. The highest BCUT2D eigenvalue weighted by atomic mass is 16.2. The van der Waals surface area contributed by atoms with Crippen molar-refractivity contribution in [3.63, 3.8) is 0 Å². The minimum Gasteiger partial charge on any atom is -0.351 e. The molecule has 1 saturated heterocycles. The highest BCUT2D eigenvalue weighted by molar-refractivity contribution is 6.08. The maximum atomic E-state index is 12.8. The SMILES string of the molecule is NC(=O)NC(=O)CCN1C(=O)NC2(CCc3ccccc32)C1=O. The number of nitrogens with one attached hydrogen (secondary N) is 2. The molecule has 1 spiro atoms. The predicted molar refractivity (Wildman–Crippen MR) is 79.0 cm³/mol. The first-order valence-corrected chi connectivity index (χ1v) is 7.26. The Bertz CT molecular complexity index is 717. The van der Waals surface area contributed by atoms with Gasteiger partial charge in [-0.25, -0.2) is 9.59 Å². The largest absolute Gasteiger partial charge is 0.351 e. The number of primary amides is 1. The summed E-state index contributed by atoms with van der Waals surface area (Å²) >= 11 is 0. The van der Waals surface area contributed by atoms with Crippen LogP contribution in [0.5, 0.6) is 0 Å². The van der Waals surface area contributed by atoms with Gasteiger partial charge >= 0.3 is 12.1 Å². The van der Waals surface area contributed by atoms with Crippen molar-refractivity contribution >= 4 is 23.9 Å². The Hall–Kier alpha value is -2.90. The van der Waals surface area contributed by atoms with Crippen LogP contribution in [0.25, 0.3) is 0 Å². The minimum absolute atomic E-state index is 0.103. The molecule has 1 unspecified atom stereocenters. The zero-order valence-corrected chi connectivity index (χ0v) is 12.3. The average Bonchev–Trinajstić information content (AvgIpc) is 2.97. The molecule has 1 aliphatic carbocycles. The lowest BCUT2D eigenvalue weighted by molar-refractivity contribution is -0.132. The highest BCUT2D eigenvalue weighted by Crippen LogP contribution is 2.41. The van der Waals surface area contributed by atoms with E-state index >= 15 is 0 Å². The fraction of sp³-hybridized carbons (Fsp3) is 0.333. The summed E-state index contributed by atoms with van der Waals surface area (Å²) in [5.74, 6) is -0.995. The summed E-state index contributed by atoms with van der Waals surface area (Å²) in [5, 5.41) is 4.67. The lowest BCUT2D eigenvalue weighted by Gasteiger charge is -2.22. The molecular weight excluding hydrogens is 300 g/mol. The molecule has 0 saturated carbocycles. The van der Waals surface area contributed by atoms with E-state index < -0.39 is 23.5 Å². The summed E-state index contributed by atoms with van der Waals surface area (Å²) in [7, 11) is 0. The molecule has 4 N–H and O–H groups in total. The van der Waals surface area contributed by atoms with Crippen molar-refractivity contribution in [1.29, 1.82) is 0 Å². The van der Waals surface area contributed by atoms with Crippen LogP contribution in [0.15, 0.2) is 24.3 Å². The molecule has 1 heterocycles. The third kappa shape index (κ3) is 2.41. The van der Waals surface area contributed by atoms with E-state index in [0.717, 1.165) is 16.0 Å². The van der Waals surface area contributed by atoms with E-state index in [1.165, 1.54) is 0 Å². The first kappa shape index (κ1) is 15.0. The number of benzene rings is 1. The number of carbonyl (C=O) groups excluding carboxylic acids is 4. The van der Waals surface area contributed by atoms with Crippen molar-refractivity contribution in [1.82, 2.24) is 15.5 Å². The molecule has 1 aromatic carbocycles. The van der Waals surface area contributed by atoms with E-state index in [-0.39, 0.29) is 18.9 Å². The molecule has 0 bridgehead atoms. The Morgan fingerprint density at radius 3 is 2.78 bits per heavy atom. The number of imide groups is 2. The highest BCUT2D eigenvalue weighted by Gasteiger charge is 2.54. The van der Waals surface area contributed by atoms with Gasteiger partial charge in [0.15, 0.2) is 0 Å². The molecule has 0 radical (unpaired) electrons. The molecule has 1 atom stereocenters. The number of hydrogen-bond acceptors (Lipinski definition) is 4. The Balaban J connectivity index is 1.77. The second-order valence-electron chi connectivity index (χ2n) is 5.61. The molecule has 1 aliphatic heterocycles. The van der Waals surface area contributed by atoms with E-state index in [2.05, 4.69) is 5.32 Å². The fourth-order valence-electron chi connectivity index (χ4n) is 3.21. The quantitative estimate of drug-likeness (QED) is 0.677. The van der Waals surface area contributed by atoms with Crippen molar-refractivity contribution in [2.45, 2.75) is 24.8 Å². The summed E-state index contributed by atoms with van der Waals surface area (Å²) in [6, 6.07) is 6.00. The molecule has 1 aromatic rings. The van der Waals surface area contributed by atoms with Crippen molar-refractivity contribution in [3.8, 4) is 0 Å². The minimum atomic E-state index is -1.03. The molecular formula is C15H16N4O4. The second kappa shape index (κ2) is 5.38. The summed E-state index contributed by atoms with van der Waals surface area (Å²) in [6.07, 6.45) is 1.03. The molecule has 120 valence electrons. The number of rotatable bonds is 3. The van der Waals surface area contributed by atoms with Crippen molar-refractivity contribution in [2.24, 2.45) is 5.73 Å². The molecule has 2 aliphatic rings. The summed E-state index contributed by atoms with van der Waals surface area (Å²) in [6.45, 7) is -0.103. The number of urea groups is 2. The topological polar surface area (TPSA) is 122 Å². The number of nitrogens with zero attached hydrogens (tertiary/aromatic N) is 1. The standard InChI is InChI=1S/C15H16N4O4/c16-13(22)17-11(20)6-8-19-12(21)15(18-14(19)23)7-5-9-3-1-2-4-10(9)15/h1-4H,5-8H2,(H,18,23)(H3,16,17,20,22). The third-order valence-electron chi connectivity index (χ3n) is 4.25. The van der Waals surface area contributed by atoms with E-state index in [1.807, 2.05) is 29.6 Å². The van der Waals surface area contributed by atoms with E-state index in [4.69, 9.17) is 5.73 Å². The Labute approximate surface area is 132 Å². The maximum absolute atomic E-state index is 12.8. The van der Waals surface area contributed by atoms with E-state index in [0.29, 0.717) is 12.8 Å². The molecule has 8 nitrogen and oxygen atoms in total. The third-order valence-corrected chi connectivity index (χ3v) is 4.25. The predicted octanol–water partition coefficient (Wildman–Crippen LogP) is -0.0351. The monoisotopic (exact) mass is 316 g/mol. The van der Waals surface area contributed by atoms with Gasteiger partial charge in [0.2, 0.25) is 5.91 Å². The van der Waals surface area contributed by atoms with E-state index in [9.17, 15) is 19.2 Å². The van der Waals surface area contributed by atoms with Crippen LogP contribution in [-0.2, 0) is 21.5 Å². The van der Waals surface area contributed by atoms with Crippen LogP contribution >= 0.6 is 0 Å². The Morgan fingerprint density at radius 2 is 2.04 bits per heavy atom. The van der Waals surface area contributed by atoms with Crippen LogP contribution in [0.4, 0.5) is 9.59 Å². The molecule has 23 heavy (non-hydrogen) atoms. The van der Waals surface area contributed by atoms with Gasteiger partial charge in [-0.2, -0.15) is 0 Å². The van der Waals surface area contributed by atoms with Crippen LogP contribution in [-0.4, -0.2) is 35.3 Å². The average molecular weight is 316 g/mol. The molecule has 1 fully saturated rings. The lowest BCUT2D eigenvalue weighted by atomic mass is 9.92. The van der Waals surface area contributed by atoms with Crippen molar-refractivity contribution < 1.29 is 19.2 Å². The zero-order chi connectivity index (χ0) is 16.6. The van der Waals surface area contributed by atoms with Crippen LogP contribution in [0, 0.1) is 0 Å². The number of carbonyl (C=O) groups is 4. The number of hydrogen-bond donors (Lipinski definition) is 3. The smallest absolute Gasteiger partial charge is 0.325 e. The fourth-order valence-corrected chi connectivity index (χ4v) is 3.21. The molecule has 6 amide bonds. The molecule has 3 rings (SSSR count). The van der Waals surface area contributed by atoms with Gasteiger partial charge < -0.3 is 11.1 Å². The number of aryl methyl sites for hydroxylation is 1. The van der Waals surface area contributed by atoms with Gasteiger partial charge in [0.25, 0.3) is 5.91 Å². The van der Waals surface area contributed by atoms with Gasteiger partial charge in [0.05, 0.1) is 0 Å². The first-order valence-electron chi connectivity index (χ1n) is 7.26. The number of fused-ring (bicyclic) bond motifs is 2. The normalized spacial score (nSPS) is 22.2. The Kier molecular flexibility index (Phi) is 3.51. The number of amides is 6. The van der Waals surface area contributed by atoms with Crippen LogP contribution in [0.1, 0.15) is 24.0 Å². The lowest BCUT2D eigenvalue weighted by Crippen LogP contribution is -2.42. The van der Waals surface area contributed by atoms with Crippen LogP contribution in [0.3, 0.4) is 0 Å². The zero-order valence-electron chi connectivity index (χ0n) is 12.3. The van der Waals surface area contributed by atoms with Crippen molar-refractivity contribution in [3.05, 3.63) is 35.4 Å².